The summed E-state index contributed by atoms with van der Waals surface area (Å²) in [5, 5.41) is 3.38. The lowest BCUT2D eigenvalue weighted by atomic mass is 9.99. The van der Waals surface area contributed by atoms with Gasteiger partial charge in [-0.15, -0.1) is 0 Å². The highest BCUT2D eigenvalue weighted by atomic mass is 16.2. The number of hydrogen-bond donors (Lipinski definition) is 1. The minimum absolute atomic E-state index is 0.0512. The zero-order valence-corrected chi connectivity index (χ0v) is 15.4. The van der Waals surface area contributed by atoms with Gasteiger partial charge in [0.15, 0.2) is 0 Å². The summed E-state index contributed by atoms with van der Waals surface area (Å²) in [4.78, 5) is 19.2. The lowest BCUT2D eigenvalue weighted by Gasteiger charge is -2.35. The second-order valence-corrected chi connectivity index (χ2v) is 6.91. The molecule has 25 heavy (non-hydrogen) atoms. The zero-order valence-electron chi connectivity index (χ0n) is 15.4. The number of nitrogens with one attached hydrogen (secondary N) is 1. The molecule has 0 bridgehead atoms. The Morgan fingerprint density at radius 1 is 1.16 bits per heavy atom. The molecule has 2 heterocycles. The average molecular weight is 337 g/mol. The molecule has 0 spiro atoms. The number of amides is 1. The molecule has 1 aromatic heterocycles. The van der Waals surface area contributed by atoms with Crippen molar-refractivity contribution in [3.63, 3.8) is 0 Å². The molecule has 4 nitrogen and oxygen atoms in total. The maximum absolute atomic E-state index is 12.9. The van der Waals surface area contributed by atoms with E-state index >= 15 is 0 Å². The lowest BCUT2D eigenvalue weighted by Crippen LogP contribution is -2.43. The third-order valence-corrected chi connectivity index (χ3v) is 5.13. The topological polar surface area (TPSA) is 45.2 Å². The molecule has 1 aliphatic rings. The molecule has 2 aromatic rings. The molecule has 0 saturated carbocycles. The molecule has 3 rings (SSSR count). The van der Waals surface area contributed by atoms with Gasteiger partial charge in [0.2, 0.25) is 0 Å². The highest BCUT2D eigenvalue weighted by molar-refractivity contribution is 5.93. The fraction of sp³-hybridized carbons (Fsp3) is 0.429. The SMILES string of the molecule is CCC1CCCCN1C(=O)c1cc(Nc2ccc(C)c(C)c2)ccn1. The van der Waals surface area contributed by atoms with Crippen molar-refractivity contribution in [1.29, 1.82) is 0 Å². The van der Waals surface area contributed by atoms with Gasteiger partial charge in [-0.05, 0) is 74.9 Å². The van der Waals surface area contributed by atoms with Gasteiger partial charge in [-0.2, -0.15) is 0 Å². The molecule has 1 aliphatic heterocycles. The number of pyridine rings is 1. The summed E-state index contributed by atoms with van der Waals surface area (Å²) in [7, 11) is 0. The monoisotopic (exact) mass is 337 g/mol. The molecule has 1 fully saturated rings. The maximum Gasteiger partial charge on any atom is 0.272 e. The number of benzene rings is 1. The number of likely N-dealkylation sites (tertiary alicyclic amines) is 1. The molecule has 4 heteroatoms. The van der Waals surface area contributed by atoms with Gasteiger partial charge in [-0.25, -0.2) is 0 Å². The first-order valence-corrected chi connectivity index (χ1v) is 9.19. The van der Waals surface area contributed by atoms with Crippen LogP contribution in [0.2, 0.25) is 0 Å². The predicted octanol–water partition coefficient (Wildman–Crippen LogP) is 4.85. The summed E-state index contributed by atoms with van der Waals surface area (Å²) < 4.78 is 0. The third-order valence-electron chi connectivity index (χ3n) is 5.13. The van der Waals surface area contributed by atoms with E-state index in [1.165, 1.54) is 17.5 Å². The molecular weight excluding hydrogens is 310 g/mol. The summed E-state index contributed by atoms with van der Waals surface area (Å²) in [6.45, 7) is 7.20. The lowest BCUT2D eigenvalue weighted by molar-refractivity contribution is 0.0602. The minimum Gasteiger partial charge on any atom is -0.355 e. The van der Waals surface area contributed by atoms with Crippen molar-refractivity contribution in [2.24, 2.45) is 0 Å². The zero-order chi connectivity index (χ0) is 17.8. The molecule has 1 unspecified atom stereocenters. The average Bonchev–Trinajstić information content (AvgIpc) is 2.64. The molecule has 1 saturated heterocycles. The fourth-order valence-corrected chi connectivity index (χ4v) is 3.45. The van der Waals surface area contributed by atoms with Crippen LogP contribution in [0.25, 0.3) is 0 Å². The number of anilines is 2. The molecule has 0 radical (unpaired) electrons. The Morgan fingerprint density at radius 3 is 2.72 bits per heavy atom. The van der Waals surface area contributed by atoms with Crippen molar-refractivity contribution >= 4 is 17.3 Å². The van der Waals surface area contributed by atoms with Crippen molar-refractivity contribution in [1.82, 2.24) is 9.88 Å². The third kappa shape index (κ3) is 4.01. The molecule has 1 amide bonds. The van der Waals surface area contributed by atoms with E-state index in [-0.39, 0.29) is 5.91 Å². The minimum atomic E-state index is 0.0512. The van der Waals surface area contributed by atoms with Crippen LogP contribution < -0.4 is 5.32 Å². The maximum atomic E-state index is 12.9. The summed E-state index contributed by atoms with van der Waals surface area (Å²) >= 11 is 0. The highest BCUT2D eigenvalue weighted by Crippen LogP contribution is 2.23. The van der Waals surface area contributed by atoms with E-state index in [9.17, 15) is 4.79 Å². The second kappa shape index (κ2) is 7.68. The summed E-state index contributed by atoms with van der Waals surface area (Å²) in [6.07, 6.45) is 6.11. The van der Waals surface area contributed by atoms with Crippen LogP contribution in [0.1, 0.15) is 54.2 Å². The van der Waals surface area contributed by atoms with Gasteiger partial charge >= 0.3 is 0 Å². The van der Waals surface area contributed by atoms with Crippen LogP contribution in [0, 0.1) is 13.8 Å². The van der Waals surface area contributed by atoms with E-state index in [0.29, 0.717) is 11.7 Å². The number of aromatic nitrogens is 1. The smallest absolute Gasteiger partial charge is 0.272 e. The predicted molar refractivity (Wildman–Crippen MR) is 102 cm³/mol. The van der Waals surface area contributed by atoms with E-state index in [1.54, 1.807) is 6.20 Å². The largest absolute Gasteiger partial charge is 0.355 e. The molecule has 132 valence electrons. The van der Waals surface area contributed by atoms with Crippen molar-refractivity contribution in [2.45, 2.75) is 52.5 Å². The standard InChI is InChI=1S/C21H27N3O/c1-4-19-7-5-6-12-24(19)21(25)20-14-18(10-11-22-20)23-17-9-8-15(2)16(3)13-17/h8-11,13-14,19H,4-7,12H2,1-3H3,(H,22,23). The molecular formula is C21H27N3O. The van der Waals surface area contributed by atoms with Crippen LogP contribution >= 0.6 is 0 Å². The van der Waals surface area contributed by atoms with Gasteiger partial charge in [0.05, 0.1) is 0 Å². The molecule has 1 aromatic carbocycles. The first kappa shape index (κ1) is 17.5. The van der Waals surface area contributed by atoms with E-state index in [0.717, 1.165) is 37.2 Å². The van der Waals surface area contributed by atoms with Gasteiger partial charge in [-0.3, -0.25) is 9.78 Å². The summed E-state index contributed by atoms with van der Waals surface area (Å²) in [5.41, 5.74) is 4.96. The van der Waals surface area contributed by atoms with E-state index in [1.807, 2.05) is 17.0 Å². The Balaban J connectivity index is 1.78. The van der Waals surface area contributed by atoms with Gasteiger partial charge in [0.25, 0.3) is 5.91 Å². The second-order valence-electron chi connectivity index (χ2n) is 6.91. The summed E-state index contributed by atoms with van der Waals surface area (Å²) in [5.74, 6) is 0.0512. The Labute approximate surface area is 150 Å². The number of carbonyl (C=O) groups is 1. The van der Waals surface area contributed by atoms with Gasteiger partial charge < -0.3 is 10.2 Å². The Bertz CT molecular complexity index is 757. The first-order valence-electron chi connectivity index (χ1n) is 9.19. The van der Waals surface area contributed by atoms with Crippen LogP contribution in [-0.4, -0.2) is 28.4 Å². The number of rotatable bonds is 4. The highest BCUT2D eigenvalue weighted by Gasteiger charge is 2.26. The van der Waals surface area contributed by atoms with Gasteiger partial charge in [0, 0.05) is 30.2 Å². The Hall–Kier alpha value is -2.36. The van der Waals surface area contributed by atoms with E-state index in [4.69, 9.17) is 0 Å². The number of aryl methyl sites for hydroxylation is 2. The van der Waals surface area contributed by atoms with Crippen LogP contribution in [-0.2, 0) is 0 Å². The molecule has 0 aliphatic carbocycles. The Morgan fingerprint density at radius 2 is 1.96 bits per heavy atom. The van der Waals surface area contributed by atoms with Crippen LogP contribution in [0.5, 0.6) is 0 Å². The molecule has 1 atom stereocenters. The van der Waals surface area contributed by atoms with Gasteiger partial charge in [0.1, 0.15) is 5.69 Å². The van der Waals surface area contributed by atoms with Crippen molar-refractivity contribution in [2.75, 3.05) is 11.9 Å². The number of piperidine rings is 1. The normalized spacial score (nSPS) is 17.4. The van der Waals surface area contributed by atoms with Crippen LogP contribution in [0.3, 0.4) is 0 Å². The summed E-state index contributed by atoms with van der Waals surface area (Å²) in [6, 6.07) is 10.4. The van der Waals surface area contributed by atoms with Crippen molar-refractivity contribution in [3.8, 4) is 0 Å². The quantitative estimate of drug-likeness (QED) is 0.867. The first-order chi connectivity index (χ1) is 12.1. The van der Waals surface area contributed by atoms with E-state index < -0.39 is 0 Å². The fourth-order valence-electron chi connectivity index (χ4n) is 3.45. The number of nitrogens with zero attached hydrogens (tertiary/aromatic N) is 2. The number of hydrogen-bond acceptors (Lipinski definition) is 3. The molecule has 1 N–H and O–H groups in total. The van der Waals surface area contributed by atoms with Gasteiger partial charge in [-0.1, -0.05) is 13.0 Å². The van der Waals surface area contributed by atoms with Crippen LogP contribution in [0.15, 0.2) is 36.5 Å². The van der Waals surface area contributed by atoms with Crippen molar-refractivity contribution in [3.05, 3.63) is 53.3 Å². The number of carbonyl (C=O) groups excluding carboxylic acids is 1. The van der Waals surface area contributed by atoms with Crippen LogP contribution in [0.4, 0.5) is 11.4 Å². The van der Waals surface area contributed by atoms with Crippen molar-refractivity contribution < 1.29 is 4.79 Å². The Kier molecular flexibility index (Phi) is 5.37. The van der Waals surface area contributed by atoms with E-state index in [2.05, 4.69) is 49.3 Å².